The molecule has 2 aliphatic heterocycles. The van der Waals surface area contributed by atoms with Crippen LogP contribution in [0.4, 0.5) is 10.5 Å². The molecule has 0 aromatic heterocycles. The van der Waals surface area contributed by atoms with Crippen molar-refractivity contribution in [2.45, 2.75) is 12.8 Å². The van der Waals surface area contributed by atoms with E-state index in [9.17, 15) is 14.4 Å². The monoisotopic (exact) mass is 349 g/mol. The molecule has 4 rings (SSSR count). The van der Waals surface area contributed by atoms with Gasteiger partial charge in [-0.15, -0.1) is 0 Å². The number of likely N-dealkylation sites (tertiary alicyclic amines) is 1. The number of hydrogen-bond acceptors (Lipinski definition) is 3. The van der Waals surface area contributed by atoms with Crippen LogP contribution in [0.2, 0.25) is 0 Å². The number of rotatable bonds is 2. The Morgan fingerprint density at radius 2 is 1.77 bits per heavy atom. The maximum absolute atomic E-state index is 12.7. The summed E-state index contributed by atoms with van der Waals surface area (Å²) in [6.45, 7) is 0.726. The minimum absolute atomic E-state index is 0.163. The lowest BCUT2D eigenvalue weighted by atomic mass is 9.85. The summed E-state index contributed by atoms with van der Waals surface area (Å²) in [6, 6.07) is 17.2. The van der Waals surface area contributed by atoms with Crippen molar-refractivity contribution in [1.29, 1.82) is 0 Å². The molecule has 4 amide bonds. The fraction of sp³-hybridized carbons (Fsp3) is 0.250. The molecule has 132 valence electrons. The van der Waals surface area contributed by atoms with E-state index in [-0.39, 0.29) is 30.8 Å². The average Bonchev–Trinajstić information content (AvgIpc) is 3.19. The van der Waals surface area contributed by atoms with Crippen LogP contribution in [0, 0.1) is 5.41 Å². The molecule has 0 bridgehead atoms. The Labute approximate surface area is 151 Å². The van der Waals surface area contributed by atoms with Crippen molar-refractivity contribution in [1.82, 2.24) is 10.2 Å². The topological polar surface area (TPSA) is 78.5 Å². The largest absolute Gasteiger partial charge is 0.323 e. The van der Waals surface area contributed by atoms with Gasteiger partial charge in [0.1, 0.15) is 0 Å². The summed E-state index contributed by atoms with van der Waals surface area (Å²) in [4.78, 5) is 38.0. The summed E-state index contributed by atoms with van der Waals surface area (Å²) < 4.78 is 0. The van der Waals surface area contributed by atoms with Gasteiger partial charge in [0.05, 0.1) is 11.1 Å². The molecule has 2 saturated heterocycles. The fourth-order valence-electron chi connectivity index (χ4n) is 3.72. The van der Waals surface area contributed by atoms with Crippen LogP contribution >= 0.6 is 0 Å². The number of nitrogens with one attached hydrogen (secondary N) is 2. The average molecular weight is 349 g/mol. The van der Waals surface area contributed by atoms with Gasteiger partial charge < -0.3 is 10.2 Å². The molecule has 0 radical (unpaired) electrons. The number of carbonyl (C=O) groups excluding carboxylic acids is 3. The van der Waals surface area contributed by atoms with Gasteiger partial charge in [-0.1, -0.05) is 48.5 Å². The SMILES string of the molecule is O=C1C[C@]2(CCN(C(=O)Nc3ccccc3-c3ccccc3)C2)C(=O)N1. The number of benzene rings is 2. The first-order chi connectivity index (χ1) is 12.6. The van der Waals surface area contributed by atoms with Crippen LogP contribution in [0.5, 0.6) is 0 Å². The molecule has 26 heavy (non-hydrogen) atoms. The van der Waals surface area contributed by atoms with Crippen LogP contribution in [0.1, 0.15) is 12.8 Å². The first-order valence-electron chi connectivity index (χ1n) is 8.62. The molecular weight excluding hydrogens is 330 g/mol. The standard InChI is InChI=1S/C20H19N3O3/c24-17-12-20(18(25)22-17)10-11-23(13-20)19(26)21-16-9-5-4-8-15(16)14-6-2-1-3-7-14/h1-9H,10-13H2,(H,21,26)(H,22,24,25)/t20-/m0/s1. The zero-order chi connectivity index (χ0) is 18.1. The predicted octanol–water partition coefficient (Wildman–Crippen LogP) is 2.62. The van der Waals surface area contributed by atoms with Crippen LogP contribution in [-0.4, -0.2) is 35.8 Å². The zero-order valence-corrected chi connectivity index (χ0v) is 14.2. The molecule has 2 N–H and O–H groups in total. The van der Waals surface area contributed by atoms with Crippen molar-refractivity contribution in [3.05, 3.63) is 54.6 Å². The molecule has 2 fully saturated rings. The first-order valence-corrected chi connectivity index (χ1v) is 8.62. The molecule has 1 atom stereocenters. The molecule has 2 aromatic carbocycles. The third-order valence-corrected chi connectivity index (χ3v) is 5.13. The third kappa shape index (κ3) is 2.83. The van der Waals surface area contributed by atoms with Gasteiger partial charge in [-0.3, -0.25) is 14.9 Å². The number of nitrogens with zero attached hydrogens (tertiary/aromatic N) is 1. The van der Waals surface area contributed by atoms with Gasteiger partial charge in [0.2, 0.25) is 11.8 Å². The Balaban J connectivity index is 1.52. The number of carbonyl (C=O) groups is 3. The van der Waals surface area contributed by atoms with Crippen LogP contribution in [0.25, 0.3) is 11.1 Å². The molecule has 0 aliphatic carbocycles. The molecule has 6 nitrogen and oxygen atoms in total. The predicted molar refractivity (Wildman–Crippen MR) is 97.3 cm³/mol. The van der Waals surface area contributed by atoms with E-state index in [1.54, 1.807) is 4.90 Å². The van der Waals surface area contributed by atoms with E-state index in [0.29, 0.717) is 13.0 Å². The van der Waals surface area contributed by atoms with Gasteiger partial charge in [0.15, 0.2) is 0 Å². The van der Waals surface area contributed by atoms with E-state index in [2.05, 4.69) is 10.6 Å². The third-order valence-electron chi connectivity index (χ3n) is 5.13. The molecule has 6 heteroatoms. The maximum atomic E-state index is 12.7. The number of para-hydroxylation sites is 1. The lowest BCUT2D eigenvalue weighted by molar-refractivity contribution is -0.128. The van der Waals surface area contributed by atoms with Crippen LogP contribution in [0.3, 0.4) is 0 Å². The summed E-state index contributed by atoms with van der Waals surface area (Å²) in [5.74, 6) is -0.519. The van der Waals surface area contributed by atoms with Crippen molar-refractivity contribution >= 4 is 23.5 Å². The van der Waals surface area contributed by atoms with E-state index in [1.807, 2.05) is 54.6 Å². The van der Waals surface area contributed by atoms with Crippen LogP contribution in [-0.2, 0) is 9.59 Å². The Morgan fingerprint density at radius 1 is 1.04 bits per heavy atom. The van der Waals surface area contributed by atoms with Gasteiger partial charge in [-0.05, 0) is 18.1 Å². The fourth-order valence-corrected chi connectivity index (χ4v) is 3.72. The Hall–Kier alpha value is -3.15. The van der Waals surface area contributed by atoms with Gasteiger partial charge >= 0.3 is 6.03 Å². The van der Waals surface area contributed by atoms with Crippen molar-refractivity contribution < 1.29 is 14.4 Å². The highest BCUT2D eigenvalue weighted by molar-refractivity contribution is 6.06. The normalized spacial score (nSPS) is 21.9. The maximum Gasteiger partial charge on any atom is 0.321 e. The number of hydrogen-bond donors (Lipinski definition) is 2. The highest BCUT2D eigenvalue weighted by atomic mass is 16.2. The van der Waals surface area contributed by atoms with Gasteiger partial charge in [-0.2, -0.15) is 0 Å². The van der Waals surface area contributed by atoms with E-state index < -0.39 is 5.41 Å². The summed E-state index contributed by atoms with van der Waals surface area (Å²) >= 11 is 0. The van der Waals surface area contributed by atoms with E-state index in [0.717, 1.165) is 16.8 Å². The lowest BCUT2D eigenvalue weighted by Gasteiger charge is -2.21. The number of urea groups is 1. The summed E-state index contributed by atoms with van der Waals surface area (Å²) in [6.07, 6.45) is 0.675. The van der Waals surface area contributed by atoms with Crippen molar-refractivity contribution in [3.8, 4) is 11.1 Å². The molecule has 2 aliphatic rings. The molecule has 0 saturated carbocycles. The summed E-state index contributed by atoms with van der Waals surface area (Å²) in [5.41, 5.74) is 1.91. The smallest absolute Gasteiger partial charge is 0.321 e. The minimum atomic E-state index is -0.757. The molecular formula is C20H19N3O3. The van der Waals surface area contributed by atoms with Crippen molar-refractivity contribution in [2.75, 3.05) is 18.4 Å². The summed E-state index contributed by atoms with van der Waals surface area (Å²) in [5, 5.41) is 5.31. The van der Waals surface area contributed by atoms with E-state index in [4.69, 9.17) is 0 Å². The quantitative estimate of drug-likeness (QED) is 0.818. The molecule has 2 aromatic rings. The van der Waals surface area contributed by atoms with Gasteiger partial charge in [0.25, 0.3) is 0 Å². The molecule has 1 spiro atoms. The number of anilines is 1. The second kappa shape index (κ2) is 6.29. The van der Waals surface area contributed by atoms with E-state index >= 15 is 0 Å². The zero-order valence-electron chi connectivity index (χ0n) is 14.2. The van der Waals surface area contributed by atoms with Crippen LogP contribution in [0.15, 0.2) is 54.6 Å². The highest BCUT2D eigenvalue weighted by Crippen LogP contribution is 2.38. The Kier molecular flexibility index (Phi) is 3.95. The van der Waals surface area contributed by atoms with Gasteiger partial charge in [0, 0.05) is 25.1 Å². The molecule has 0 unspecified atom stereocenters. The number of amides is 4. The van der Waals surface area contributed by atoms with Crippen LogP contribution < -0.4 is 10.6 Å². The van der Waals surface area contributed by atoms with Crippen molar-refractivity contribution in [3.63, 3.8) is 0 Å². The number of imide groups is 1. The minimum Gasteiger partial charge on any atom is -0.323 e. The molecule has 2 heterocycles. The highest BCUT2D eigenvalue weighted by Gasteiger charge is 2.51. The first kappa shape index (κ1) is 16.3. The van der Waals surface area contributed by atoms with Gasteiger partial charge in [-0.25, -0.2) is 4.79 Å². The Bertz CT molecular complexity index is 881. The second-order valence-electron chi connectivity index (χ2n) is 6.85. The lowest BCUT2D eigenvalue weighted by Crippen LogP contribution is -2.38. The Morgan fingerprint density at radius 3 is 2.50 bits per heavy atom. The van der Waals surface area contributed by atoms with Crippen molar-refractivity contribution in [2.24, 2.45) is 5.41 Å². The second-order valence-corrected chi connectivity index (χ2v) is 6.85. The summed E-state index contributed by atoms with van der Waals surface area (Å²) in [7, 11) is 0. The van der Waals surface area contributed by atoms with E-state index in [1.165, 1.54) is 0 Å².